The van der Waals surface area contributed by atoms with E-state index in [1.54, 1.807) is 18.2 Å². The van der Waals surface area contributed by atoms with E-state index in [9.17, 15) is 14.0 Å². The van der Waals surface area contributed by atoms with Gasteiger partial charge in [0.1, 0.15) is 18.9 Å². The molecule has 0 saturated carbocycles. The molecule has 2 aliphatic heterocycles. The number of halogens is 1. The van der Waals surface area contributed by atoms with Crippen molar-refractivity contribution in [3.8, 4) is 0 Å². The summed E-state index contributed by atoms with van der Waals surface area (Å²) in [5.41, 5.74) is 5.97. The van der Waals surface area contributed by atoms with E-state index < -0.39 is 11.8 Å². The fraction of sp³-hybridized carbons (Fsp3) is 0.591. The van der Waals surface area contributed by atoms with Crippen LogP contribution in [0.4, 0.5) is 10.1 Å². The lowest BCUT2D eigenvalue weighted by molar-refractivity contribution is -0.143. The Morgan fingerprint density at radius 2 is 1.83 bits per heavy atom. The van der Waals surface area contributed by atoms with Crippen molar-refractivity contribution in [2.24, 2.45) is 11.7 Å². The second kappa shape index (κ2) is 10.4. The second-order valence-electron chi connectivity index (χ2n) is 8.19. The Bertz CT molecular complexity index is 772. The van der Waals surface area contributed by atoms with E-state index in [2.05, 4.69) is 0 Å². The van der Waals surface area contributed by atoms with Gasteiger partial charge in [-0.2, -0.15) is 0 Å². The summed E-state index contributed by atoms with van der Waals surface area (Å²) in [5.74, 6) is -0.721. The van der Waals surface area contributed by atoms with Gasteiger partial charge >= 0.3 is 5.97 Å². The quantitative estimate of drug-likeness (QED) is 0.403. The zero-order valence-electron chi connectivity index (χ0n) is 17.4. The number of ether oxygens (including phenoxy) is 1. The number of carbonyl (C=O) groups excluding carboxylic acids is 2. The van der Waals surface area contributed by atoms with E-state index in [4.69, 9.17) is 15.9 Å². The number of hydrogen-bond donors (Lipinski definition) is 2. The van der Waals surface area contributed by atoms with Gasteiger partial charge in [-0.1, -0.05) is 12.1 Å². The molecule has 30 heavy (non-hydrogen) atoms. The van der Waals surface area contributed by atoms with Gasteiger partial charge in [0.05, 0.1) is 5.69 Å². The van der Waals surface area contributed by atoms with Gasteiger partial charge in [0, 0.05) is 38.2 Å². The molecule has 0 aromatic heterocycles. The Balaban J connectivity index is 1.52. The molecule has 1 aromatic carbocycles. The maximum Gasteiger partial charge on any atom is 0.313 e. The number of piperidine rings is 2. The van der Waals surface area contributed by atoms with Crippen molar-refractivity contribution >= 4 is 23.4 Å². The SMILES string of the molecule is N=C(N)CC(=O)OCc1cccc(N2CCC(CC(=O)N3CCCCC3)CC2)c1F. The maximum absolute atomic E-state index is 15.0. The molecule has 3 rings (SSSR count). The van der Waals surface area contributed by atoms with E-state index in [0.717, 1.165) is 38.8 Å². The number of amidine groups is 1. The van der Waals surface area contributed by atoms with Gasteiger partial charge in [-0.15, -0.1) is 0 Å². The number of likely N-dealkylation sites (tertiary alicyclic amines) is 1. The first-order valence-electron chi connectivity index (χ1n) is 10.7. The molecular weight excluding hydrogens is 387 g/mol. The number of hydrogen-bond acceptors (Lipinski definition) is 5. The summed E-state index contributed by atoms with van der Waals surface area (Å²) in [6.45, 7) is 2.97. The summed E-state index contributed by atoms with van der Waals surface area (Å²) in [4.78, 5) is 28.0. The van der Waals surface area contributed by atoms with Crippen LogP contribution < -0.4 is 10.6 Å². The first kappa shape index (κ1) is 22.1. The van der Waals surface area contributed by atoms with Gasteiger partial charge in [0.2, 0.25) is 5.91 Å². The van der Waals surface area contributed by atoms with Crippen LogP contribution in [0.3, 0.4) is 0 Å². The van der Waals surface area contributed by atoms with Crippen LogP contribution in [0, 0.1) is 17.1 Å². The highest BCUT2D eigenvalue weighted by Crippen LogP contribution is 2.29. The number of benzene rings is 1. The molecule has 1 amide bonds. The smallest absolute Gasteiger partial charge is 0.313 e. The van der Waals surface area contributed by atoms with Crippen LogP contribution in [-0.2, 0) is 20.9 Å². The first-order chi connectivity index (χ1) is 14.4. The molecule has 2 heterocycles. The van der Waals surface area contributed by atoms with Gasteiger partial charge in [-0.3, -0.25) is 15.0 Å². The molecule has 2 saturated heterocycles. The molecule has 3 N–H and O–H groups in total. The number of rotatable bonds is 7. The summed E-state index contributed by atoms with van der Waals surface area (Å²) in [7, 11) is 0. The van der Waals surface area contributed by atoms with Crippen LogP contribution in [0.2, 0.25) is 0 Å². The zero-order chi connectivity index (χ0) is 21.5. The molecule has 2 aliphatic rings. The topological polar surface area (TPSA) is 99.7 Å². The van der Waals surface area contributed by atoms with Crippen molar-refractivity contribution in [1.82, 2.24) is 4.90 Å². The molecule has 0 bridgehead atoms. The van der Waals surface area contributed by atoms with E-state index in [0.29, 0.717) is 36.7 Å². The highest BCUT2D eigenvalue weighted by Gasteiger charge is 2.26. The van der Waals surface area contributed by atoms with Crippen LogP contribution >= 0.6 is 0 Å². The minimum atomic E-state index is -0.647. The fourth-order valence-electron chi connectivity index (χ4n) is 4.18. The summed E-state index contributed by atoms with van der Waals surface area (Å²) in [6.07, 6.45) is 5.41. The molecule has 164 valence electrons. The van der Waals surface area contributed by atoms with Gasteiger partial charge < -0.3 is 20.3 Å². The van der Waals surface area contributed by atoms with Gasteiger partial charge in [0.15, 0.2) is 5.82 Å². The number of nitrogens with one attached hydrogen (secondary N) is 1. The Kier molecular flexibility index (Phi) is 7.65. The fourth-order valence-corrected chi connectivity index (χ4v) is 4.18. The third-order valence-electron chi connectivity index (χ3n) is 5.91. The molecule has 0 atom stereocenters. The predicted octanol–water partition coefficient (Wildman–Crippen LogP) is 2.81. The summed E-state index contributed by atoms with van der Waals surface area (Å²) in [6, 6.07) is 5.07. The maximum atomic E-state index is 15.0. The lowest BCUT2D eigenvalue weighted by Crippen LogP contribution is -2.39. The number of anilines is 1. The number of nitrogens with zero attached hydrogens (tertiary/aromatic N) is 2. The van der Waals surface area contributed by atoms with Crippen molar-refractivity contribution in [2.45, 2.75) is 51.6 Å². The van der Waals surface area contributed by atoms with Crippen molar-refractivity contribution in [1.29, 1.82) is 5.41 Å². The van der Waals surface area contributed by atoms with E-state index in [-0.39, 0.29) is 24.8 Å². The largest absolute Gasteiger partial charge is 0.460 e. The highest BCUT2D eigenvalue weighted by molar-refractivity contribution is 5.94. The van der Waals surface area contributed by atoms with Gasteiger partial charge in [0.25, 0.3) is 0 Å². The molecule has 0 radical (unpaired) electrons. The number of nitrogens with two attached hydrogens (primary N) is 1. The first-order valence-corrected chi connectivity index (χ1v) is 10.7. The molecule has 1 aromatic rings. The summed E-state index contributed by atoms with van der Waals surface area (Å²) in [5, 5.41) is 7.11. The Labute approximate surface area is 176 Å². The van der Waals surface area contributed by atoms with Crippen molar-refractivity contribution < 1.29 is 18.7 Å². The molecular formula is C22H31FN4O3. The van der Waals surface area contributed by atoms with Gasteiger partial charge in [-0.25, -0.2) is 4.39 Å². The Morgan fingerprint density at radius 1 is 1.13 bits per heavy atom. The average molecular weight is 419 g/mol. The monoisotopic (exact) mass is 418 g/mol. The average Bonchev–Trinajstić information content (AvgIpc) is 2.74. The van der Waals surface area contributed by atoms with Crippen LogP contribution in [-0.4, -0.2) is 48.8 Å². The number of carbonyl (C=O) groups is 2. The molecule has 0 spiro atoms. The minimum Gasteiger partial charge on any atom is -0.460 e. The number of esters is 1. The number of amides is 1. The van der Waals surface area contributed by atoms with Crippen LogP contribution in [0.5, 0.6) is 0 Å². The highest BCUT2D eigenvalue weighted by atomic mass is 19.1. The molecule has 7 nitrogen and oxygen atoms in total. The second-order valence-corrected chi connectivity index (χ2v) is 8.19. The van der Waals surface area contributed by atoms with E-state index in [1.807, 2.05) is 9.80 Å². The predicted molar refractivity (Wildman–Crippen MR) is 113 cm³/mol. The van der Waals surface area contributed by atoms with Crippen LogP contribution in [0.15, 0.2) is 18.2 Å². The molecule has 8 heteroatoms. The summed E-state index contributed by atoms with van der Waals surface area (Å²) < 4.78 is 20.0. The molecule has 2 fully saturated rings. The van der Waals surface area contributed by atoms with Gasteiger partial charge in [-0.05, 0) is 44.1 Å². The minimum absolute atomic E-state index is 0.188. The Morgan fingerprint density at radius 3 is 2.50 bits per heavy atom. The van der Waals surface area contributed by atoms with E-state index >= 15 is 0 Å². The standard InChI is InChI=1S/C22H31FN4O3/c23-22-17(15-30-21(29)14-19(24)25)5-4-6-18(22)26-11-7-16(8-12-26)13-20(28)27-9-2-1-3-10-27/h4-6,16H,1-3,7-15H2,(H3,24,25). The van der Waals surface area contributed by atoms with Crippen molar-refractivity contribution in [3.05, 3.63) is 29.6 Å². The lowest BCUT2D eigenvalue weighted by Gasteiger charge is -2.35. The van der Waals surface area contributed by atoms with Crippen molar-refractivity contribution in [2.75, 3.05) is 31.1 Å². The lowest BCUT2D eigenvalue weighted by atomic mass is 9.92. The third-order valence-corrected chi connectivity index (χ3v) is 5.91. The molecule has 0 aliphatic carbocycles. The van der Waals surface area contributed by atoms with E-state index in [1.165, 1.54) is 6.42 Å². The zero-order valence-corrected chi connectivity index (χ0v) is 17.4. The third kappa shape index (κ3) is 5.93. The normalized spacial score (nSPS) is 17.6. The Hall–Kier alpha value is -2.64. The van der Waals surface area contributed by atoms with Crippen molar-refractivity contribution in [3.63, 3.8) is 0 Å². The summed E-state index contributed by atoms with van der Waals surface area (Å²) >= 11 is 0. The molecule has 0 unspecified atom stereocenters. The van der Waals surface area contributed by atoms with Crippen LogP contribution in [0.1, 0.15) is 50.5 Å². The van der Waals surface area contributed by atoms with Crippen LogP contribution in [0.25, 0.3) is 0 Å².